The first-order chi connectivity index (χ1) is 18.6. The predicted molar refractivity (Wildman–Crippen MR) is 146 cm³/mol. The average molecular weight is 547 g/mol. The van der Waals surface area contributed by atoms with Gasteiger partial charge in [0.1, 0.15) is 11.6 Å². The van der Waals surface area contributed by atoms with Gasteiger partial charge in [-0.2, -0.15) is 0 Å². The van der Waals surface area contributed by atoms with Crippen molar-refractivity contribution in [3.05, 3.63) is 70.3 Å². The molecular weight excluding hydrogens is 506 g/mol. The largest absolute Gasteiger partial charge is 0.391 e. The van der Waals surface area contributed by atoms with Crippen molar-refractivity contribution in [2.75, 3.05) is 26.2 Å². The maximum absolute atomic E-state index is 13.8. The summed E-state index contributed by atoms with van der Waals surface area (Å²) in [7, 11) is 0. The molecule has 0 bridgehead atoms. The number of aliphatic hydroxyl groups excluding tert-OH is 1. The lowest BCUT2D eigenvalue weighted by molar-refractivity contribution is -0.121. The number of nitrogens with one attached hydrogen (secondary N) is 2. The van der Waals surface area contributed by atoms with Crippen LogP contribution in [-0.4, -0.2) is 66.1 Å². The first-order valence-corrected chi connectivity index (χ1v) is 13.4. The number of amides is 3. The summed E-state index contributed by atoms with van der Waals surface area (Å²) in [6, 6.07) is 6.96. The van der Waals surface area contributed by atoms with Crippen molar-refractivity contribution in [3.8, 4) is 0 Å². The van der Waals surface area contributed by atoms with Gasteiger partial charge in [0.2, 0.25) is 5.91 Å². The lowest BCUT2D eigenvalue weighted by atomic mass is 9.97. The van der Waals surface area contributed by atoms with Gasteiger partial charge in [-0.3, -0.25) is 14.4 Å². The first-order valence-electron chi connectivity index (χ1n) is 13.4. The normalized spacial score (nSPS) is 12.5. The van der Waals surface area contributed by atoms with Crippen molar-refractivity contribution in [2.24, 2.45) is 5.73 Å². The molecule has 0 aromatic heterocycles. The van der Waals surface area contributed by atoms with E-state index in [4.69, 9.17) is 5.73 Å². The summed E-state index contributed by atoms with van der Waals surface area (Å²) in [6.07, 6.45) is 0.626. The molecule has 0 aliphatic heterocycles. The molecule has 0 heterocycles. The number of aryl methyl sites for hydroxylation is 1. The molecule has 0 spiro atoms. The monoisotopic (exact) mass is 546 g/mol. The Morgan fingerprint density at radius 3 is 2.18 bits per heavy atom. The first kappa shape index (κ1) is 31.8. The Labute approximate surface area is 229 Å². The van der Waals surface area contributed by atoms with Gasteiger partial charge in [-0.15, -0.1) is 0 Å². The van der Waals surface area contributed by atoms with Gasteiger partial charge in [0, 0.05) is 49.8 Å². The van der Waals surface area contributed by atoms with Gasteiger partial charge in [0.15, 0.2) is 0 Å². The fourth-order valence-corrected chi connectivity index (χ4v) is 4.37. The topological polar surface area (TPSA) is 125 Å². The van der Waals surface area contributed by atoms with E-state index < -0.39 is 29.7 Å². The highest BCUT2D eigenvalue weighted by atomic mass is 19.1. The summed E-state index contributed by atoms with van der Waals surface area (Å²) in [4.78, 5) is 39.9. The number of carbonyl (C=O) groups is 3. The summed E-state index contributed by atoms with van der Waals surface area (Å²) in [5, 5.41) is 16.3. The molecule has 0 fully saturated rings. The molecule has 3 amide bonds. The third-order valence-corrected chi connectivity index (χ3v) is 6.15. The zero-order valence-corrected chi connectivity index (χ0v) is 22.9. The van der Waals surface area contributed by atoms with Crippen LogP contribution in [0.2, 0.25) is 0 Å². The third-order valence-electron chi connectivity index (χ3n) is 6.15. The second kappa shape index (κ2) is 15.9. The van der Waals surface area contributed by atoms with Gasteiger partial charge in [0.05, 0.1) is 12.1 Å². The molecule has 5 N–H and O–H groups in total. The van der Waals surface area contributed by atoms with Crippen LogP contribution in [0.25, 0.3) is 0 Å². The lowest BCUT2D eigenvalue weighted by Crippen LogP contribution is -2.46. The Bertz CT molecular complexity index is 1100. The molecule has 214 valence electrons. The van der Waals surface area contributed by atoms with E-state index in [9.17, 15) is 28.3 Å². The summed E-state index contributed by atoms with van der Waals surface area (Å²) in [5.74, 6) is -2.53. The van der Waals surface area contributed by atoms with Crippen molar-refractivity contribution in [1.82, 2.24) is 15.5 Å². The van der Waals surface area contributed by atoms with Crippen LogP contribution in [0.3, 0.4) is 0 Å². The minimum absolute atomic E-state index is 0.0588. The zero-order valence-electron chi connectivity index (χ0n) is 22.9. The number of nitrogens with two attached hydrogens (primary N) is 1. The number of rotatable bonds is 15. The van der Waals surface area contributed by atoms with Gasteiger partial charge in [-0.25, -0.2) is 8.78 Å². The molecule has 0 aliphatic carbocycles. The number of benzene rings is 2. The predicted octanol–water partition coefficient (Wildman–Crippen LogP) is 3.09. The van der Waals surface area contributed by atoms with E-state index in [1.54, 1.807) is 24.0 Å². The third kappa shape index (κ3) is 10.4. The molecule has 2 aromatic rings. The van der Waals surface area contributed by atoms with Crippen LogP contribution >= 0.6 is 0 Å². The molecule has 10 heteroatoms. The van der Waals surface area contributed by atoms with E-state index >= 15 is 0 Å². The maximum atomic E-state index is 13.8. The molecule has 0 aliphatic rings. The SMILES string of the molecule is CCCN(CCC)C(=O)c1cc(C)cc(C(=O)N[C@@H](Cc2cc(F)cc(F)c2)[C@H](O)CCNC(=O)CCN)c1. The molecule has 2 atom stereocenters. The van der Waals surface area contributed by atoms with Gasteiger partial charge >= 0.3 is 0 Å². The number of carbonyl (C=O) groups excluding carboxylic acids is 3. The van der Waals surface area contributed by atoms with Crippen LogP contribution in [0.15, 0.2) is 36.4 Å². The fourth-order valence-electron chi connectivity index (χ4n) is 4.37. The quantitative estimate of drug-likeness (QED) is 0.273. The van der Waals surface area contributed by atoms with E-state index in [1.807, 2.05) is 13.8 Å². The minimum Gasteiger partial charge on any atom is -0.391 e. The molecule has 0 saturated heterocycles. The Kier molecular flexibility index (Phi) is 13.0. The second-order valence-electron chi connectivity index (χ2n) is 9.69. The number of aliphatic hydroxyl groups is 1. The zero-order chi connectivity index (χ0) is 28.9. The molecule has 0 unspecified atom stereocenters. The highest BCUT2D eigenvalue weighted by Crippen LogP contribution is 2.16. The van der Waals surface area contributed by atoms with Crippen molar-refractivity contribution in [1.29, 1.82) is 0 Å². The summed E-state index contributed by atoms with van der Waals surface area (Å²) >= 11 is 0. The van der Waals surface area contributed by atoms with Crippen LogP contribution in [0.1, 0.15) is 71.4 Å². The highest BCUT2D eigenvalue weighted by Gasteiger charge is 2.24. The standard InChI is InChI=1S/C29H40F2N4O4/c1-4-10-35(11-5-2)29(39)22-13-19(3)12-21(17-22)28(38)34-25(16-20-14-23(30)18-24(31)15-20)26(36)7-9-33-27(37)6-8-32/h12-15,17-18,25-26,36H,4-11,16,32H2,1-3H3,(H,33,37)(H,34,38)/t25-,26+/m0/s1. The lowest BCUT2D eigenvalue weighted by Gasteiger charge is -2.25. The van der Waals surface area contributed by atoms with E-state index in [-0.39, 0.29) is 55.3 Å². The van der Waals surface area contributed by atoms with E-state index in [2.05, 4.69) is 10.6 Å². The van der Waals surface area contributed by atoms with Gasteiger partial charge in [-0.05, 0) is 74.1 Å². The van der Waals surface area contributed by atoms with Crippen LogP contribution in [0.4, 0.5) is 8.78 Å². The number of halogens is 2. The Hall–Kier alpha value is -3.37. The van der Waals surface area contributed by atoms with Gasteiger partial charge in [0.25, 0.3) is 11.8 Å². The second-order valence-corrected chi connectivity index (χ2v) is 9.69. The summed E-state index contributed by atoms with van der Waals surface area (Å²) < 4.78 is 27.7. The number of hydrogen-bond donors (Lipinski definition) is 4. The average Bonchev–Trinajstić information content (AvgIpc) is 2.86. The molecule has 0 radical (unpaired) electrons. The van der Waals surface area contributed by atoms with Crippen LogP contribution in [-0.2, 0) is 11.2 Å². The Morgan fingerprint density at radius 2 is 1.59 bits per heavy atom. The van der Waals surface area contributed by atoms with Crippen molar-refractivity contribution < 1.29 is 28.3 Å². The Morgan fingerprint density at radius 1 is 0.974 bits per heavy atom. The number of hydrogen-bond acceptors (Lipinski definition) is 5. The molecular formula is C29H40F2N4O4. The smallest absolute Gasteiger partial charge is 0.253 e. The maximum Gasteiger partial charge on any atom is 0.253 e. The summed E-state index contributed by atoms with van der Waals surface area (Å²) in [5.41, 5.74) is 6.95. The van der Waals surface area contributed by atoms with Crippen molar-refractivity contribution >= 4 is 17.7 Å². The number of nitrogens with zero attached hydrogens (tertiary/aromatic N) is 1. The van der Waals surface area contributed by atoms with Crippen molar-refractivity contribution in [2.45, 2.75) is 65.0 Å². The Balaban J connectivity index is 2.27. The van der Waals surface area contributed by atoms with E-state index in [0.717, 1.165) is 31.0 Å². The van der Waals surface area contributed by atoms with E-state index in [0.29, 0.717) is 24.2 Å². The molecule has 0 saturated carbocycles. The van der Waals surface area contributed by atoms with Crippen LogP contribution in [0.5, 0.6) is 0 Å². The van der Waals surface area contributed by atoms with Crippen molar-refractivity contribution in [3.63, 3.8) is 0 Å². The molecule has 2 rings (SSSR count). The fraction of sp³-hybridized carbons (Fsp3) is 0.483. The van der Waals surface area contributed by atoms with Crippen LogP contribution in [0, 0.1) is 18.6 Å². The molecule has 8 nitrogen and oxygen atoms in total. The van der Waals surface area contributed by atoms with Gasteiger partial charge in [-0.1, -0.05) is 13.8 Å². The summed E-state index contributed by atoms with van der Waals surface area (Å²) in [6.45, 7) is 7.27. The van der Waals surface area contributed by atoms with Crippen LogP contribution < -0.4 is 16.4 Å². The molecule has 39 heavy (non-hydrogen) atoms. The highest BCUT2D eigenvalue weighted by molar-refractivity contribution is 6.00. The van der Waals surface area contributed by atoms with Gasteiger partial charge < -0.3 is 26.4 Å². The van der Waals surface area contributed by atoms with E-state index in [1.165, 1.54) is 6.07 Å². The minimum atomic E-state index is -1.14. The molecule has 2 aromatic carbocycles.